The molecule has 8 nitrogen and oxygen atoms in total. The first-order chi connectivity index (χ1) is 9.27. The van der Waals surface area contributed by atoms with Gasteiger partial charge in [-0.25, -0.2) is 13.1 Å². The van der Waals surface area contributed by atoms with Crippen LogP contribution in [-0.2, 0) is 16.9 Å². The van der Waals surface area contributed by atoms with Crippen molar-refractivity contribution in [3.8, 4) is 0 Å². The Kier molecular flexibility index (Phi) is 3.45. The number of nitrogens with two attached hydrogens (primary N) is 1. The molecule has 0 atom stereocenters. The van der Waals surface area contributed by atoms with E-state index in [1.54, 1.807) is 7.05 Å². The summed E-state index contributed by atoms with van der Waals surface area (Å²) < 4.78 is 24.4. The summed E-state index contributed by atoms with van der Waals surface area (Å²) >= 11 is 0. The molecular weight excluding hydrogens is 282 g/mol. The molecule has 0 aliphatic heterocycles. The van der Waals surface area contributed by atoms with Gasteiger partial charge >= 0.3 is 0 Å². The van der Waals surface area contributed by atoms with Gasteiger partial charge in [0, 0.05) is 24.6 Å². The van der Waals surface area contributed by atoms with Crippen LogP contribution in [0.1, 0.15) is 10.4 Å². The van der Waals surface area contributed by atoms with Crippen LogP contribution < -0.4 is 11.1 Å². The van der Waals surface area contributed by atoms with Crippen molar-refractivity contribution in [1.82, 2.24) is 14.8 Å². The molecule has 9 heteroatoms. The highest BCUT2D eigenvalue weighted by molar-refractivity contribution is 7.90. The van der Waals surface area contributed by atoms with Crippen molar-refractivity contribution in [3.63, 3.8) is 0 Å². The number of benzene rings is 1. The first-order valence-electron chi connectivity index (χ1n) is 5.53. The Morgan fingerprint density at radius 1 is 1.35 bits per heavy atom. The third kappa shape index (κ3) is 2.94. The van der Waals surface area contributed by atoms with E-state index in [-0.39, 0.29) is 22.1 Å². The molecule has 0 aliphatic rings. The van der Waals surface area contributed by atoms with Crippen molar-refractivity contribution in [3.05, 3.63) is 30.1 Å². The molecule has 106 valence electrons. The van der Waals surface area contributed by atoms with Crippen molar-refractivity contribution in [2.75, 3.05) is 17.3 Å². The molecule has 20 heavy (non-hydrogen) atoms. The van der Waals surface area contributed by atoms with Crippen LogP contribution in [-0.4, -0.2) is 35.3 Å². The highest BCUT2D eigenvalue weighted by Crippen LogP contribution is 2.17. The molecular formula is C11H13N5O3S. The molecule has 1 amide bonds. The lowest BCUT2D eigenvalue weighted by Crippen LogP contribution is -2.16. The van der Waals surface area contributed by atoms with Crippen molar-refractivity contribution in [2.45, 2.75) is 4.90 Å². The van der Waals surface area contributed by atoms with Crippen LogP contribution >= 0.6 is 0 Å². The van der Waals surface area contributed by atoms with E-state index >= 15 is 0 Å². The van der Waals surface area contributed by atoms with E-state index in [4.69, 9.17) is 5.73 Å². The van der Waals surface area contributed by atoms with Gasteiger partial charge in [-0.1, -0.05) is 0 Å². The van der Waals surface area contributed by atoms with Crippen LogP contribution in [0, 0.1) is 0 Å². The molecule has 0 radical (unpaired) electrons. The lowest BCUT2D eigenvalue weighted by molar-refractivity contribution is 0.102. The van der Waals surface area contributed by atoms with Crippen molar-refractivity contribution in [2.24, 2.45) is 7.05 Å². The number of aromatic nitrogens is 3. The molecule has 2 rings (SSSR count). The monoisotopic (exact) mass is 295 g/mol. The van der Waals surface area contributed by atoms with Crippen LogP contribution in [0.2, 0.25) is 0 Å². The van der Waals surface area contributed by atoms with Crippen molar-refractivity contribution >= 4 is 27.4 Å². The van der Waals surface area contributed by atoms with E-state index in [0.29, 0.717) is 0 Å². The van der Waals surface area contributed by atoms with E-state index in [1.165, 1.54) is 29.2 Å². The molecule has 0 saturated carbocycles. The predicted octanol–water partition coefficient (Wildman–Crippen LogP) is 0.0531. The SMILES string of the molecule is Cn1ncnc1NC(=O)c1cc(N)cc(S(C)(=O)=O)c1. The lowest BCUT2D eigenvalue weighted by atomic mass is 10.2. The number of carbonyl (C=O) groups excluding carboxylic acids is 1. The number of nitrogens with zero attached hydrogens (tertiary/aromatic N) is 3. The highest BCUT2D eigenvalue weighted by Gasteiger charge is 2.15. The fourth-order valence-electron chi connectivity index (χ4n) is 1.55. The van der Waals surface area contributed by atoms with Gasteiger partial charge in [0.15, 0.2) is 9.84 Å². The van der Waals surface area contributed by atoms with Crippen molar-refractivity contribution < 1.29 is 13.2 Å². The minimum atomic E-state index is -3.44. The summed E-state index contributed by atoms with van der Waals surface area (Å²) in [6.07, 6.45) is 2.34. The second-order valence-corrected chi connectivity index (χ2v) is 6.24. The van der Waals surface area contributed by atoms with E-state index in [2.05, 4.69) is 15.4 Å². The maximum absolute atomic E-state index is 12.1. The average Bonchev–Trinajstić information content (AvgIpc) is 2.73. The van der Waals surface area contributed by atoms with Crippen LogP contribution in [0.3, 0.4) is 0 Å². The fourth-order valence-corrected chi connectivity index (χ4v) is 2.24. The number of amides is 1. The maximum Gasteiger partial charge on any atom is 0.258 e. The zero-order valence-electron chi connectivity index (χ0n) is 10.9. The normalized spacial score (nSPS) is 11.3. The number of carbonyl (C=O) groups is 1. The fraction of sp³-hybridized carbons (Fsp3) is 0.182. The molecule has 1 heterocycles. The number of rotatable bonds is 3. The van der Waals surface area contributed by atoms with Gasteiger partial charge in [-0.05, 0) is 18.2 Å². The molecule has 3 N–H and O–H groups in total. The van der Waals surface area contributed by atoms with Crippen molar-refractivity contribution in [1.29, 1.82) is 0 Å². The first kappa shape index (κ1) is 14.0. The number of hydrogen-bond acceptors (Lipinski definition) is 6. The van der Waals surface area contributed by atoms with Gasteiger partial charge in [0.2, 0.25) is 5.95 Å². The summed E-state index contributed by atoms with van der Waals surface area (Å²) in [6.45, 7) is 0. The molecule has 0 aliphatic carbocycles. The predicted molar refractivity (Wildman–Crippen MR) is 72.9 cm³/mol. The topological polar surface area (TPSA) is 120 Å². The van der Waals surface area contributed by atoms with Crippen LogP contribution in [0.15, 0.2) is 29.4 Å². The summed E-state index contributed by atoms with van der Waals surface area (Å²) in [4.78, 5) is 15.9. The van der Waals surface area contributed by atoms with E-state index in [1.807, 2.05) is 0 Å². The second kappa shape index (κ2) is 4.93. The Balaban J connectivity index is 2.36. The average molecular weight is 295 g/mol. The standard InChI is InChI=1S/C11H13N5O3S/c1-16-11(13-6-14-16)15-10(17)7-3-8(12)5-9(4-7)20(2,18)19/h3-6H,12H2,1-2H3,(H,13,14,15,17). The number of nitrogen functional groups attached to an aromatic ring is 1. The quantitative estimate of drug-likeness (QED) is 0.772. The van der Waals surface area contributed by atoms with Gasteiger partial charge in [0.1, 0.15) is 6.33 Å². The molecule has 0 spiro atoms. The third-order valence-corrected chi connectivity index (χ3v) is 3.65. The number of sulfone groups is 1. The zero-order chi connectivity index (χ0) is 14.9. The summed E-state index contributed by atoms with van der Waals surface area (Å²) in [5.41, 5.74) is 5.94. The highest BCUT2D eigenvalue weighted by atomic mass is 32.2. The van der Waals surface area contributed by atoms with Crippen LogP contribution in [0.25, 0.3) is 0 Å². The summed E-state index contributed by atoms with van der Waals surface area (Å²) in [6, 6.07) is 3.95. The van der Waals surface area contributed by atoms with Gasteiger partial charge in [-0.15, -0.1) is 0 Å². The Morgan fingerprint density at radius 3 is 2.60 bits per heavy atom. The van der Waals surface area contributed by atoms with E-state index in [0.717, 1.165) is 6.26 Å². The van der Waals surface area contributed by atoms with Gasteiger partial charge in [0.05, 0.1) is 4.90 Å². The Labute approximate surface area is 115 Å². The van der Waals surface area contributed by atoms with Gasteiger partial charge in [-0.3, -0.25) is 10.1 Å². The number of hydrogen-bond donors (Lipinski definition) is 2. The summed E-state index contributed by atoms with van der Waals surface area (Å²) in [5, 5.41) is 6.32. The maximum atomic E-state index is 12.1. The van der Waals surface area contributed by atoms with Gasteiger partial charge in [-0.2, -0.15) is 10.1 Å². The van der Waals surface area contributed by atoms with E-state index in [9.17, 15) is 13.2 Å². The van der Waals surface area contributed by atoms with E-state index < -0.39 is 15.7 Å². The molecule has 0 unspecified atom stereocenters. The smallest absolute Gasteiger partial charge is 0.258 e. The Hall–Kier alpha value is -2.42. The Bertz CT molecular complexity index is 766. The molecule has 0 saturated heterocycles. The van der Waals surface area contributed by atoms with Crippen LogP contribution in [0.4, 0.5) is 11.6 Å². The molecule has 0 fully saturated rings. The van der Waals surface area contributed by atoms with Crippen LogP contribution in [0.5, 0.6) is 0 Å². The lowest BCUT2D eigenvalue weighted by Gasteiger charge is -2.07. The van der Waals surface area contributed by atoms with Gasteiger partial charge in [0.25, 0.3) is 5.91 Å². The number of nitrogens with one attached hydrogen (secondary N) is 1. The van der Waals surface area contributed by atoms with Gasteiger partial charge < -0.3 is 5.73 Å². The summed E-state index contributed by atoms with van der Waals surface area (Å²) in [5.74, 6) is -0.267. The largest absolute Gasteiger partial charge is 0.399 e. The minimum absolute atomic E-state index is 0.0133. The minimum Gasteiger partial charge on any atom is -0.399 e. The number of aryl methyl sites for hydroxylation is 1. The molecule has 1 aromatic carbocycles. The molecule has 2 aromatic rings. The first-order valence-corrected chi connectivity index (χ1v) is 7.42. The summed E-state index contributed by atoms with van der Waals surface area (Å²) in [7, 11) is -1.83. The number of anilines is 2. The molecule has 1 aromatic heterocycles. The third-order valence-electron chi connectivity index (χ3n) is 2.56. The molecule has 0 bridgehead atoms. The zero-order valence-corrected chi connectivity index (χ0v) is 11.7. The Morgan fingerprint density at radius 2 is 2.05 bits per heavy atom. The second-order valence-electron chi connectivity index (χ2n) is 4.22.